The van der Waals surface area contributed by atoms with Gasteiger partial charge in [-0.15, -0.1) is 0 Å². The van der Waals surface area contributed by atoms with Crippen LogP contribution in [0.2, 0.25) is 0 Å². The Labute approximate surface area is 180 Å². The normalized spacial score (nSPS) is 16.3. The zero-order chi connectivity index (χ0) is 23.0. The zero-order valence-corrected chi connectivity index (χ0v) is 18.4. The summed E-state index contributed by atoms with van der Waals surface area (Å²) in [6, 6.07) is 7.93. The highest BCUT2D eigenvalue weighted by molar-refractivity contribution is 7.89. The molecule has 1 aliphatic rings. The van der Waals surface area contributed by atoms with E-state index in [0.717, 1.165) is 17.7 Å². The number of amides is 1. The van der Waals surface area contributed by atoms with E-state index >= 15 is 0 Å². The fraction of sp³-hybridized carbons (Fsp3) is 0.409. The van der Waals surface area contributed by atoms with Crippen molar-refractivity contribution >= 4 is 21.6 Å². The maximum absolute atomic E-state index is 13.2. The molecule has 1 aliphatic heterocycles. The van der Waals surface area contributed by atoms with Crippen LogP contribution in [0.5, 0.6) is 0 Å². The summed E-state index contributed by atoms with van der Waals surface area (Å²) in [6.45, 7) is 5.88. The first-order valence-corrected chi connectivity index (χ1v) is 11.4. The van der Waals surface area contributed by atoms with E-state index < -0.39 is 27.7 Å². The molecule has 3 rings (SSSR count). The number of nitrogens with one attached hydrogen (secondary N) is 1. The summed E-state index contributed by atoms with van der Waals surface area (Å²) in [5.74, 6) is -0.728. The molecule has 0 spiro atoms. The molecule has 5 nitrogen and oxygen atoms in total. The van der Waals surface area contributed by atoms with Gasteiger partial charge in [0.15, 0.2) is 0 Å². The number of carbonyl (C=O) groups is 1. The number of nitrogens with zero attached hydrogens (tertiary/aromatic N) is 1. The van der Waals surface area contributed by atoms with Gasteiger partial charge in [-0.05, 0) is 69.0 Å². The van der Waals surface area contributed by atoms with Crippen molar-refractivity contribution in [2.24, 2.45) is 5.92 Å². The number of hydrogen-bond acceptors (Lipinski definition) is 3. The van der Waals surface area contributed by atoms with Crippen LogP contribution in [-0.4, -0.2) is 31.7 Å². The maximum Gasteiger partial charge on any atom is 0.416 e. The van der Waals surface area contributed by atoms with Gasteiger partial charge in [-0.25, -0.2) is 8.42 Å². The fourth-order valence-electron chi connectivity index (χ4n) is 4.05. The topological polar surface area (TPSA) is 66.5 Å². The first-order valence-electron chi connectivity index (χ1n) is 9.95. The minimum atomic E-state index is -4.44. The molecule has 1 amide bonds. The molecule has 2 aromatic rings. The Hall–Kier alpha value is -2.39. The van der Waals surface area contributed by atoms with E-state index in [2.05, 4.69) is 5.32 Å². The first kappa shape index (κ1) is 23.3. The summed E-state index contributed by atoms with van der Waals surface area (Å²) in [4.78, 5) is 12.8. The molecule has 168 valence electrons. The zero-order valence-electron chi connectivity index (χ0n) is 17.6. The fourth-order valence-corrected chi connectivity index (χ4v) is 5.93. The van der Waals surface area contributed by atoms with Crippen LogP contribution in [0.1, 0.15) is 35.1 Å². The first-order chi connectivity index (χ1) is 14.4. The number of carbonyl (C=O) groups excluding carboxylic acids is 1. The number of halogens is 3. The maximum atomic E-state index is 13.2. The summed E-state index contributed by atoms with van der Waals surface area (Å²) in [5, 5.41) is 2.63. The summed E-state index contributed by atoms with van der Waals surface area (Å²) < 4.78 is 65.7. The second kappa shape index (κ2) is 8.63. The lowest BCUT2D eigenvalue weighted by Gasteiger charge is -2.31. The van der Waals surface area contributed by atoms with Crippen LogP contribution < -0.4 is 5.32 Å². The monoisotopic (exact) mass is 454 g/mol. The number of alkyl halides is 3. The molecule has 31 heavy (non-hydrogen) atoms. The van der Waals surface area contributed by atoms with Crippen molar-refractivity contribution in [1.82, 2.24) is 4.31 Å². The summed E-state index contributed by atoms with van der Waals surface area (Å²) in [6.07, 6.45) is -3.75. The Morgan fingerprint density at radius 3 is 2.00 bits per heavy atom. The smallest absolute Gasteiger partial charge is 0.326 e. The van der Waals surface area contributed by atoms with Gasteiger partial charge in [0.1, 0.15) is 0 Å². The second-order valence-corrected chi connectivity index (χ2v) is 9.85. The number of aryl methyl sites for hydroxylation is 3. The van der Waals surface area contributed by atoms with Crippen molar-refractivity contribution in [2.45, 2.75) is 44.7 Å². The van der Waals surface area contributed by atoms with Crippen molar-refractivity contribution in [3.05, 3.63) is 58.7 Å². The number of rotatable bonds is 4. The highest BCUT2D eigenvalue weighted by Crippen LogP contribution is 2.31. The van der Waals surface area contributed by atoms with Crippen LogP contribution in [0, 0.1) is 26.7 Å². The van der Waals surface area contributed by atoms with Crippen molar-refractivity contribution in [3.63, 3.8) is 0 Å². The summed E-state index contributed by atoms with van der Waals surface area (Å²) in [7, 11) is -3.67. The quantitative estimate of drug-likeness (QED) is 0.730. The van der Waals surface area contributed by atoms with Gasteiger partial charge in [0.05, 0.1) is 10.5 Å². The molecule has 1 heterocycles. The number of anilines is 1. The Balaban J connectivity index is 1.64. The third-order valence-electron chi connectivity index (χ3n) is 5.51. The van der Waals surface area contributed by atoms with Gasteiger partial charge in [-0.1, -0.05) is 17.7 Å². The molecule has 0 radical (unpaired) electrons. The molecular weight excluding hydrogens is 429 g/mol. The summed E-state index contributed by atoms with van der Waals surface area (Å²) in [5.41, 5.74) is 1.87. The molecule has 9 heteroatoms. The van der Waals surface area contributed by atoms with E-state index in [9.17, 15) is 26.4 Å². The minimum Gasteiger partial charge on any atom is -0.326 e. The van der Waals surface area contributed by atoms with Crippen LogP contribution >= 0.6 is 0 Å². The molecule has 0 aliphatic carbocycles. The van der Waals surface area contributed by atoms with Gasteiger partial charge in [0, 0.05) is 24.7 Å². The predicted octanol–water partition coefficient (Wildman–Crippen LogP) is 4.67. The average molecular weight is 455 g/mol. The van der Waals surface area contributed by atoms with Crippen LogP contribution in [0.3, 0.4) is 0 Å². The largest absolute Gasteiger partial charge is 0.416 e. The molecule has 0 atom stereocenters. The average Bonchev–Trinajstić information content (AvgIpc) is 2.66. The molecule has 1 N–H and O–H groups in total. The van der Waals surface area contributed by atoms with E-state index in [1.54, 1.807) is 13.8 Å². The SMILES string of the molecule is Cc1cc(C)c(S(=O)(=O)N2CCC(C(=O)Nc3ccc(C(F)(F)F)cc3)CC2)c(C)c1. The van der Waals surface area contributed by atoms with Gasteiger partial charge in [-0.3, -0.25) is 4.79 Å². The lowest BCUT2D eigenvalue weighted by Crippen LogP contribution is -2.41. The molecule has 0 aromatic heterocycles. The van der Waals surface area contributed by atoms with E-state index in [0.29, 0.717) is 28.9 Å². The van der Waals surface area contributed by atoms with Gasteiger partial charge < -0.3 is 5.32 Å². The Kier molecular flexibility index (Phi) is 6.48. The lowest BCUT2D eigenvalue weighted by molar-refractivity contribution is -0.137. The molecule has 0 unspecified atom stereocenters. The Bertz CT molecular complexity index is 1050. The van der Waals surface area contributed by atoms with Crippen molar-refractivity contribution in [3.8, 4) is 0 Å². The van der Waals surface area contributed by atoms with E-state index in [-0.39, 0.29) is 24.7 Å². The van der Waals surface area contributed by atoms with Gasteiger partial charge in [-0.2, -0.15) is 17.5 Å². The van der Waals surface area contributed by atoms with Crippen LogP contribution in [0.4, 0.5) is 18.9 Å². The second-order valence-electron chi connectivity index (χ2n) is 7.97. The number of sulfonamides is 1. The molecular formula is C22H25F3N2O3S. The van der Waals surface area contributed by atoms with Crippen molar-refractivity contribution in [2.75, 3.05) is 18.4 Å². The highest BCUT2D eigenvalue weighted by atomic mass is 32.2. The molecule has 0 saturated carbocycles. The van der Waals surface area contributed by atoms with E-state index in [4.69, 9.17) is 0 Å². The number of hydrogen-bond donors (Lipinski definition) is 1. The predicted molar refractivity (Wildman–Crippen MR) is 112 cm³/mol. The highest BCUT2D eigenvalue weighted by Gasteiger charge is 2.34. The standard InChI is InChI=1S/C22H25F3N2O3S/c1-14-12-15(2)20(16(3)13-14)31(29,30)27-10-8-17(9-11-27)21(28)26-19-6-4-18(5-7-19)22(23,24)25/h4-7,12-13,17H,8-11H2,1-3H3,(H,26,28). The lowest BCUT2D eigenvalue weighted by atomic mass is 9.97. The minimum absolute atomic E-state index is 0.209. The Morgan fingerprint density at radius 1 is 1.00 bits per heavy atom. The third-order valence-corrected chi connectivity index (χ3v) is 7.71. The third kappa shape index (κ3) is 5.10. The van der Waals surface area contributed by atoms with Gasteiger partial charge in [0.2, 0.25) is 15.9 Å². The van der Waals surface area contributed by atoms with Gasteiger partial charge >= 0.3 is 6.18 Å². The molecule has 1 fully saturated rings. The Morgan fingerprint density at radius 2 is 1.52 bits per heavy atom. The van der Waals surface area contributed by atoms with Crippen molar-refractivity contribution in [1.29, 1.82) is 0 Å². The van der Waals surface area contributed by atoms with Crippen LogP contribution in [-0.2, 0) is 21.0 Å². The van der Waals surface area contributed by atoms with Crippen molar-refractivity contribution < 1.29 is 26.4 Å². The number of piperidine rings is 1. The summed E-state index contributed by atoms with van der Waals surface area (Å²) >= 11 is 0. The van der Waals surface area contributed by atoms with Crippen LogP contribution in [0.15, 0.2) is 41.3 Å². The van der Waals surface area contributed by atoms with E-state index in [1.807, 2.05) is 19.1 Å². The molecule has 0 bridgehead atoms. The molecule has 1 saturated heterocycles. The van der Waals surface area contributed by atoms with Crippen LogP contribution in [0.25, 0.3) is 0 Å². The number of benzene rings is 2. The van der Waals surface area contributed by atoms with Gasteiger partial charge in [0.25, 0.3) is 0 Å². The molecule has 2 aromatic carbocycles. The van der Waals surface area contributed by atoms with E-state index in [1.165, 1.54) is 16.4 Å².